The van der Waals surface area contributed by atoms with Gasteiger partial charge in [0.1, 0.15) is 0 Å². The summed E-state index contributed by atoms with van der Waals surface area (Å²) in [5.41, 5.74) is -1.47. The van der Waals surface area contributed by atoms with Crippen molar-refractivity contribution in [3.8, 4) is 0 Å². The molecule has 0 saturated carbocycles. The van der Waals surface area contributed by atoms with E-state index in [2.05, 4.69) is 48.5 Å². The van der Waals surface area contributed by atoms with E-state index in [4.69, 9.17) is 9.31 Å². The third kappa shape index (κ3) is 4.57. The molecule has 0 spiro atoms. The lowest BCUT2D eigenvalue weighted by Crippen LogP contribution is -2.49. The van der Waals surface area contributed by atoms with E-state index in [0.717, 1.165) is 32.5 Å². The summed E-state index contributed by atoms with van der Waals surface area (Å²) in [7, 11) is 3.47. The first-order chi connectivity index (χ1) is 15.6. The van der Waals surface area contributed by atoms with Crippen molar-refractivity contribution < 1.29 is 19.5 Å². The Hall–Kier alpha value is -2.11. The zero-order chi connectivity index (χ0) is 25.1. The van der Waals surface area contributed by atoms with Crippen LogP contribution in [0.15, 0.2) is 48.5 Å². The van der Waals surface area contributed by atoms with Crippen molar-refractivity contribution in [2.45, 2.75) is 77.8 Å². The van der Waals surface area contributed by atoms with E-state index >= 15 is 0 Å². The smallest absolute Gasteiger partial charge is 0.330 e. The number of hydrogen-bond acceptors (Lipinski definition) is 4. The van der Waals surface area contributed by atoms with Gasteiger partial charge in [0.05, 0.1) is 22.4 Å². The molecule has 4 rings (SSSR count). The summed E-state index contributed by atoms with van der Waals surface area (Å²) in [4.78, 5) is 0. The van der Waals surface area contributed by atoms with Gasteiger partial charge in [0.25, 0.3) is 0 Å². The molecule has 0 aromatic heterocycles. The molecule has 4 nitrogen and oxygen atoms in total. The first-order valence-corrected chi connectivity index (χ1v) is 11.8. The van der Waals surface area contributed by atoms with Crippen LogP contribution in [0, 0.1) is 0 Å². The molecule has 0 atom stereocenters. The second kappa shape index (κ2) is 8.23. The van der Waals surface area contributed by atoms with Gasteiger partial charge in [0.15, 0.2) is 0 Å². The standard InChI is InChI=1S/C28H34B2O4/c1-25(2,31)27(5,6)33-29-21-13-17-9-11-19-15-22(30-34-28(7,8)26(3,4)32)16-20-12-10-18(14-21)23(17)24(19)20/h9-16,31-32H,1-8H3. The summed E-state index contributed by atoms with van der Waals surface area (Å²) in [5, 5.41) is 27.8. The largest absolute Gasteiger partial charge is 0.427 e. The van der Waals surface area contributed by atoms with Crippen LogP contribution in [0.4, 0.5) is 0 Å². The van der Waals surface area contributed by atoms with Crippen LogP contribution >= 0.6 is 0 Å². The molecule has 34 heavy (non-hydrogen) atoms. The SMILES string of the molecule is CC(C)(O)C(C)(C)O[B]c1cc2ccc3cc([B]OC(C)(C)C(C)(C)O)cc4ccc(c1)c2c34. The fraction of sp³-hybridized carbons (Fsp3) is 0.429. The Balaban J connectivity index is 1.68. The number of hydrogen-bond donors (Lipinski definition) is 2. The summed E-state index contributed by atoms with van der Waals surface area (Å²) in [6.45, 7) is 14.6. The number of benzene rings is 4. The highest BCUT2D eigenvalue weighted by molar-refractivity contribution is 6.49. The Kier molecular flexibility index (Phi) is 6.05. The van der Waals surface area contributed by atoms with Crippen molar-refractivity contribution in [2.24, 2.45) is 0 Å². The summed E-state index contributed by atoms with van der Waals surface area (Å²) in [6.07, 6.45) is 0. The minimum atomic E-state index is -0.972. The van der Waals surface area contributed by atoms with Crippen LogP contribution in [0.1, 0.15) is 55.4 Å². The molecule has 4 aromatic carbocycles. The molecule has 0 aliphatic carbocycles. The molecule has 0 saturated heterocycles. The van der Waals surface area contributed by atoms with E-state index in [1.54, 1.807) is 42.7 Å². The van der Waals surface area contributed by atoms with Crippen molar-refractivity contribution in [3.05, 3.63) is 48.5 Å². The average Bonchev–Trinajstić information content (AvgIpc) is 2.73. The van der Waals surface area contributed by atoms with Crippen molar-refractivity contribution in [2.75, 3.05) is 0 Å². The predicted octanol–water partition coefficient (Wildman–Crippen LogP) is 4.21. The molecule has 0 aliphatic rings. The molecule has 2 radical (unpaired) electrons. The molecule has 0 aliphatic heterocycles. The molecule has 6 heteroatoms. The number of rotatable bonds is 8. The molecule has 4 aromatic rings. The van der Waals surface area contributed by atoms with Gasteiger partial charge in [0, 0.05) is 0 Å². The van der Waals surface area contributed by atoms with Gasteiger partial charge in [-0.15, -0.1) is 0 Å². The Morgan fingerprint density at radius 2 is 0.794 bits per heavy atom. The van der Waals surface area contributed by atoms with E-state index in [9.17, 15) is 10.2 Å². The number of aliphatic hydroxyl groups is 2. The van der Waals surface area contributed by atoms with Gasteiger partial charge in [0.2, 0.25) is 0 Å². The minimum absolute atomic E-state index is 0.722. The Labute approximate surface area is 204 Å². The zero-order valence-corrected chi connectivity index (χ0v) is 21.5. The van der Waals surface area contributed by atoms with Gasteiger partial charge in [-0.1, -0.05) is 59.5 Å². The average molecular weight is 456 g/mol. The first kappa shape index (κ1) is 25.0. The Morgan fingerprint density at radius 3 is 1.03 bits per heavy atom. The van der Waals surface area contributed by atoms with E-state index in [0.29, 0.717) is 0 Å². The molecule has 2 N–H and O–H groups in total. The lowest BCUT2D eigenvalue weighted by atomic mass is 9.79. The van der Waals surface area contributed by atoms with E-state index in [1.807, 2.05) is 27.7 Å². The molecule has 0 unspecified atom stereocenters. The summed E-state index contributed by atoms with van der Waals surface area (Å²) >= 11 is 0. The predicted molar refractivity (Wildman–Crippen MR) is 144 cm³/mol. The lowest BCUT2D eigenvalue weighted by Gasteiger charge is -2.37. The molecule has 176 valence electrons. The highest BCUT2D eigenvalue weighted by Gasteiger charge is 2.36. The molecule has 0 heterocycles. The first-order valence-electron chi connectivity index (χ1n) is 11.8. The highest BCUT2D eigenvalue weighted by Crippen LogP contribution is 2.34. The van der Waals surface area contributed by atoms with E-state index < -0.39 is 22.4 Å². The van der Waals surface area contributed by atoms with Crippen LogP contribution in [0.3, 0.4) is 0 Å². The molecular weight excluding hydrogens is 422 g/mol. The maximum Gasteiger partial charge on any atom is 0.330 e. The Bertz CT molecular complexity index is 1160. The summed E-state index contributed by atoms with van der Waals surface area (Å²) < 4.78 is 12.0. The second-order valence-electron chi connectivity index (χ2n) is 11.4. The van der Waals surface area contributed by atoms with Crippen molar-refractivity contribution in [1.82, 2.24) is 0 Å². The van der Waals surface area contributed by atoms with Crippen molar-refractivity contribution >= 4 is 58.2 Å². The highest BCUT2D eigenvalue weighted by atomic mass is 16.5. The van der Waals surface area contributed by atoms with Gasteiger partial charge in [-0.05, 0) is 87.7 Å². The fourth-order valence-corrected chi connectivity index (χ4v) is 3.74. The molecule has 0 amide bonds. The Morgan fingerprint density at radius 1 is 0.529 bits per heavy atom. The zero-order valence-electron chi connectivity index (χ0n) is 21.5. The lowest BCUT2D eigenvalue weighted by molar-refractivity contribution is -0.0893. The minimum Gasteiger partial charge on any atom is -0.427 e. The maximum absolute atomic E-state index is 10.4. The molecular formula is C28H34B2O4. The topological polar surface area (TPSA) is 58.9 Å². The monoisotopic (exact) mass is 456 g/mol. The van der Waals surface area contributed by atoms with Crippen LogP contribution in [0.5, 0.6) is 0 Å². The van der Waals surface area contributed by atoms with E-state index in [1.165, 1.54) is 10.8 Å². The van der Waals surface area contributed by atoms with Crippen molar-refractivity contribution in [3.63, 3.8) is 0 Å². The third-order valence-electron chi connectivity index (χ3n) is 7.50. The van der Waals surface area contributed by atoms with Crippen LogP contribution in [0.25, 0.3) is 32.3 Å². The van der Waals surface area contributed by atoms with Crippen LogP contribution in [-0.4, -0.2) is 47.6 Å². The fourth-order valence-electron chi connectivity index (χ4n) is 3.74. The molecule has 0 fully saturated rings. The summed E-state index contributed by atoms with van der Waals surface area (Å²) in [5.74, 6) is 0. The van der Waals surface area contributed by atoms with Crippen molar-refractivity contribution in [1.29, 1.82) is 0 Å². The molecule has 0 bridgehead atoms. The van der Waals surface area contributed by atoms with E-state index in [-0.39, 0.29) is 0 Å². The second-order valence-corrected chi connectivity index (χ2v) is 11.4. The van der Waals surface area contributed by atoms with Gasteiger partial charge in [-0.3, -0.25) is 0 Å². The van der Waals surface area contributed by atoms with Gasteiger partial charge in [-0.25, -0.2) is 0 Å². The van der Waals surface area contributed by atoms with Crippen LogP contribution in [-0.2, 0) is 9.31 Å². The maximum atomic E-state index is 10.4. The van der Waals surface area contributed by atoms with Gasteiger partial charge in [-0.2, -0.15) is 0 Å². The van der Waals surface area contributed by atoms with Crippen LogP contribution < -0.4 is 10.9 Å². The van der Waals surface area contributed by atoms with Gasteiger partial charge < -0.3 is 19.5 Å². The van der Waals surface area contributed by atoms with Gasteiger partial charge >= 0.3 is 15.0 Å². The quantitative estimate of drug-likeness (QED) is 0.308. The van der Waals surface area contributed by atoms with Crippen LogP contribution in [0.2, 0.25) is 0 Å². The normalized spacial score (nSPS) is 13.8. The third-order valence-corrected chi connectivity index (χ3v) is 7.50. The summed E-state index contributed by atoms with van der Waals surface area (Å²) in [6, 6.07) is 17.0.